The van der Waals surface area contributed by atoms with E-state index in [9.17, 15) is 9.59 Å². The Labute approximate surface area is 145 Å². The molecule has 1 aliphatic heterocycles. The minimum atomic E-state index is -0.495. The molecule has 0 aromatic rings. The van der Waals surface area contributed by atoms with Crippen LogP contribution in [0, 0.1) is 5.41 Å². The smallest absolute Gasteiger partial charge is 0.240 e. The summed E-state index contributed by atoms with van der Waals surface area (Å²) in [4.78, 5) is 28.5. The molecule has 24 heavy (non-hydrogen) atoms. The van der Waals surface area contributed by atoms with Crippen LogP contribution in [0.1, 0.15) is 34.1 Å². The maximum absolute atomic E-state index is 12.4. The Bertz CT molecular complexity index is 415. The van der Waals surface area contributed by atoms with E-state index in [2.05, 4.69) is 10.2 Å². The third kappa shape index (κ3) is 6.03. The number of rotatable bonds is 7. The van der Waals surface area contributed by atoms with Crippen molar-refractivity contribution in [3.8, 4) is 0 Å². The third-order valence-corrected chi connectivity index (χ3v) is 4.58. The van der Waals surface area contributed by atoms with Crippen LogP contribution in [0.3, 0.4) is 0 Å². The highest BCUT2D eigenvalue weighted by atomic mass is 16.5. The van der Waals surface area contributed by atoms with Crippen molar-refractivity contribution in [2.24, 2.45) is 11.1 Å². The minimum Gasteiger partial charge on any atom is -0.385 e. The lowest BCUT2D eigenvalue weighted by Gasteiger charge is -2.39. The second-order valence-corrected chi connectivity index (χ2v) is 7.52. The van der Waals surface area contributed by atoms with Gasteiger partial charge in [0.15, 0.2) is 0 Å². The number of nitrogens with zero attached hydrogens (tertiary/aromatic N) is 2. The molecule has 1 fully saturated rings. The second kappa shape index (κ2) is 9.34. The molecule has 1 aliphatic rings. The summed E-state index contributed by atoms with van der Waals surface area (Å²) in [6.45, 7) is 11.7. The molecule has 0 aromatic heterocycles. The van der Waals surface area contributed by atoms with Gasteiger partial charge < -0.3 is 20.7 Å². The zero-order valence-electron chi connectivity index (χ0n) is 15.8. The number of carbonyl (C=O) groups excluding carboxylic acids is 2. The molecule has 2 amide bonds. The van der Waals surface area contributed by atoms with Gasteiger partial charge in [-0.15, -0.1) is 0 Å². The highest BCUT2D eigenvalue weighted by Gasteiger charge is 2.33. The number of hydrogen-bond donors (Lipinski definition) is 2. The van der Waals surface area contributed by atoms with Crippen LogP contribution in [-0.4, -0.2) is 80.1 Å². The molecule has 1 saturated heterocycles. The summed E-state index contributed by atoms with van der Waals surface area (Å²) >= 11 is 0. The van der Waals surface area contributed by atoms with Crippen molar-refractivity contribution >= 4 is 11.8 Å². The fraction of sp³-hybridized carbons (Fsp3) is 0.882. The van der Waals surface area contributed by atoms with Crippen LogP contribution in [0.4, 0.5) is 0 Å². The number of carbonyl (C=O) groups is 2. The molecule has 7 heteroatoms. The van der Waals surface area contributed by atoms with E-state index in [-0.39, 0.29) is 23.3 Å². The van der Waals surface area contributed by atoms with Crippen LogP contribution in [0.15, 0.2) is 0 Å². The molecule has 0 spiro atoms. The summed E-state index contributed by atoms with van der Waals surface area (Å²) in [7, 11) is 1.65. The molecular formula is C17H34N4O3. The average molecular weight is 342 g/mol. The molecule has 2 atom stereocenters. The van der Waals surface area contributed by atoms with Gasteiger partial charge >= 0.3 is 0 Å². The van der Waals surface area contributed by atoms with Gasteiger partial charge in [0, 0.05) is 46.4 Å². The van der Waals surface area contributed by atoms with Crippen molar-refractivity contribution in [1.29, 1.82) is 0 Å². The Kier molecular flexibility index (Phi) is 8.12. The van der Waals surface area contributed by atoms with Gasteiger partial charge in [0.2, 0.25) is 11.8 Å². The molecule has 0 saturated carbocycles. The van der Waals surface area contributed by atoms with Crippen LogP contribution >= 0.6 is 0 Å². The number of ether oxygens (including phenoxy) is 1. The molecule has 1 unspecified atom stereocenters. The van der Waals surface area contributed by atoms with Gasteiger partial charge in [-0.2, -0.15) is 0 Å². The number of nitrogens with one attached hydrogen (secondary N) is 1. The standard InChI is InChI=1S/C17H34N4O3/c1-13(15(22)19-7-6-12-24-5)20-8-10-21(11-9-20)16(23)14(18)17(2,3)4/h13-14H,6-12,18H2,1-5H3,(H,19,22)/t13?,14-/m1/s1. The molecule has 3 N–H and O–H groups in total. The van der Waals surface area contributed by atoms with Gasteiger partial charge in [-0.25, -0.2) is 0 Å². The lowest BCUT2D eigenvalue weighted by atomic mass is 9.86. The minimum absolute atomic E-state index is 0.00109. The van der Waals surface area contributed by atoms with E-state index < -0.39 is 6.04 Å². The first kappa shape index (κ1) is 20.9. The third-order valence-electron chi connectivity index (χ3n) is 4.58. The average Bonchev–Trinajstić information content (AvgIpc) is 2.55. The van der Waals surface area contributed by atoms with Gasteiger partial charge in [-0.05, 0) is 18.8 Å². The molecule has 7 nitrogen and oxygen atoms in total. The zero-order valence-corrected chi connectivity index (χ0v) is 15.8. The topological polar surface area (TPSA) is 87.9 Å². The molecule has 140 valence electrons. The monoisotopic (exact) mass is 342 g/mol. The van der Waals surface area contributed by atoms with Crippen LogP contribution in [0.2, 0.25) is 0 Å². The van der Waals surface area contributed by atoms with Crippen molar-refractivity contribution in [3.63, 3.8) is 0 Å². The van der Waals surface area contributed by atoms with Gasteiger partial charge in [0.05, 0.1) is 12.1 Å². The Hall–Kier alpha value is -1.18. The van der Waals surface area contributed by atoms with E-state index in [0.717, 1.165) is 6.42 Å². The predicted molar refractivity (Wildman–Crippen MR) is 94.5 cm³/mol. The Balaban J connectivity index is 2.41. The van der Waals surface area contributed by atoms with E-state index >= 15 is 0 Å². The molecule has 0 radical (unpaired) electrons. The fourth-order valence-electron chi connectivity index (χ4n) is 2.64. The molecular weight excluding hydrogens is 308 g/mol. The highest BCUT2D eigenvalue weighted by Crippen LogP contribution is 2.20. The number of amides is 2. The van der Waals surface area contributed by atoms with Crippen LogP contribution in [0.25, 0.3) is 0 Å². The van der Waals surface area contributed by atoms with Crippen LogP contribution in [0.5, 0.6) is 0 Å². The summed E-state index contributed by atoms with van der Waals surface area (Å²) in [5, 5.41) is 2.93. The first-order chi connectivity index (χ1) is 11.2. The summed E-state index contributed by atoms with van der Waals surface area (Å²) in [6.07, 6.45) is 0.807. The maximum Gasteiger partial charge on any atom is 0.240 e. The van der Waals surface area contributed by atoms with Gasteiger partial charge in [-0.3, -0.25) is 14.5 Å². The molecule has 1 rings (SSSR count). The first-order valence-electron chi connectivity index (χ1n) is 8.73. The summed E-state index contributed by atoms with van der Waals surface area (Å²) in [5.74, 6) is 0.0242. The molecule has 0 bridgehead atoms. The molecule has 0 aromatic carbocycles. The van der Waals surface area contributed by atoms with Gasteiger partial charge in [-0.1, -0.05) is 20.8 Å². The van der Waals surface area contributed by atoms with Crippen molar-refractivity contribution in [3.05, 3.63) is 0 Å². The number of nitrogens with two attached hydrogens (primary N) is 1. The summed E-state index contributed by atoms with van der Waals surface area (Å²) in [6, 6.07) is -0.688. The van der Waals surface area contributed by atoms with Crippen LogP contribution in [-0.2, 0) is 14.3 Å². The fourth-order valence-corrected chi connectivity index (χ4v) is 2.64. The van der Waals surface area contributed by atoms with Crippen molar-refractivity contribution in [1.82, 2.24) is 15.1 Å². The van der Waals surface area contributed by atoms with E-state index in [1.807, 2.05) is 32.6 Å². The lowest BCUT2D eigenvalue weighted by Crippen LogP contribution is -2.58. The normalized spacial score (nSPS) is 19.0. The van der Waals surface area contributed by atoms with E-state index in [1.54, 1.807) is 7.11 Å². The number of methoxy groups -OCH3 is 1. The molecule has 0 aliphatic carbocycles. The van der Waals surface area contributed by atoms with Gasteiger partial charge in [0.1, 0.15) is 0 Å². The molecule has 1 heterocycles. The lowest BCUT2D eigenvalue weighted by molar-refractivity contribution is -0.137. The second-order valence-electron chi connectivity index (χ2n) is 7.52. The number of hydrogen-bond acceptors (Lipinski definition) is 5. The van der Waals surface area contributed by atoms with Crippen molar-refractivity contribution < 1.29 is 14.3 Å². The van der Waals surface area contributed by atoms with Crippen LogP contribution < -0.4 is 11.1 Å². The Morgan fingerprint density at radius 3 is 2.29 bits per heavy atom. The summed E-state index contributed by atoms with van der Waals surface area (Å²) < 4.78 is 4.97. The highest BCUT2D eigenvalue weighted by molar-refractivity contribution is 5.83. The number of piperazine rings is 1. The maximum atomic E-state index is 12.4. The Morgan fingerprint density at radius 1 is 1.21 bits per heavy atom. The van der Waals surface area contributed by atoms with E-state index in [1.165, 1.54) is 0 Å². The van der Waals surface area contributed by atoms with Crippen molar-refractivity contribution in [2.75, 3.05) is 46.4 Å². The largest absolute Gasteiger partial charge is 0.385 e. The quantitative estimate of drug-likeness (QED) is 0.638. The predicted octanol–water partition coefficient (Wildman–Crippen LogP) is 0.0452. The SMILES string of the molecule is COCCCNC(=O)C(C)N1CCN(C(=O)[C@@H](N)C(C)(C)C)CC1. The van der Waals surface area contributed by atoms with E-state index in [4.69, 9.17) is 10.5 Å². The van der Waals surface area contributed by atoms with Gasteiger partial charge in [0.25, 0.3) is 0 Å². The first-order valence-corrected chi connectivity index (χ1v) is 8.73. The summed E-state index contributed by atoms with van der Waals surface area (Å²) in [5.41, 5.74) is 5.82. The zero-order chi connectivity index (χ0) is 18.3. The van der Waals surface area contributed by atoms with E-state index in [0.29, 0.717) is 39.3 Å². The Morgan fingerprint density at radius 2 is 1.79 bits per heavy atom. The van der Waals surface area contributed by atoms with Crippen molar-refractivity contribution in [2.45, 2.75) is 46.2 Å².